The third kappa shape index (κ3) is 2.94. The molecular weight excluding hydrogens is 352 g/mol. The molecule has 2 aliphatic rings. The van der Waals surface area contributed by atoms with Crippen molar-refractivity contribution in [1.82, 2.24) is 15.2 Å². The number of anilines is 1. The molecule has 4 amide bonds. The van der Waals surface area contributed by atoms with Crippen molar-refractivity contribution in [2.24, 2.45) is 5.92 Å². The largest absolute Gasteiger partial charge is 0.325 e. The predicted molar refractivity (Wildman–Crippen MR) is 98.9 cm³/mol. The molecule has 0 bridgehead atoms. The number of nitrogens with one attached hydrogen (secondary N) is 2. The molecule has 8 heteroatoms. The predicted octanol–water partition coefficient (Wildman–Crippen LogP) is 2.74. The molecule has 1 spiro atoms. The fraction of sp³-hybridized carbons (Fsp3) is 0.444. The van der Waals surface area contributed by atoms with Crippen molar-refractivity contribution in [1.29, 1.82) is 0 Å². The van der Waals surface area contributed by atoms with E-state index in [0.29, 0.717) is 23.9 Å². The Morgan fingerprint density at radius 3 is 2.81 bits per heavy atom. The summed E-state index contributed by atoms with van der Waals surface area (Å²) in [5.74, 6) is -0.149. The van der Waals surface area contributed by atoms with Crippen LogP contribution in [0.25, 0.3) is 10.2 Å². The molecule has 1 aliphatic carbocycles. The van der Waals surface area contributed by atoms with Gasteiger partial charge in [0, 0.05) is 0 Å². The molecule has 1 saturated heterocycles. The topological polar surface area (TPSA) is 91.4 Å². The first-order chi connectivity index (χ1) is 12.5. The lowest BCUT2D eigenvalue weighted by Crippen LogP contribution is -2.49. The Morgan fingerprint density at radius 1 is 1.35 bits per heavy atom. The SMILES string of the molecule is CC1CCC2(CC1)NC(=O)N(CC(=O)Nc1nc3ccccc3s1)C2=O. The zero-order valence-electron chi connectivity index (χ0n) is 14.4. The van der Waals surface area contributed by atoms with Gasteiger partial charge in [0.2, 0.25) is 5.91 Å². The molecule has 2 N–H and O–H groups in total. The first kappa shape index (κ1) is 17.0. The Kier molecular flexibility index (Phi) is 4.14. The number of thiazole rings is 1. The molecule has 1 aromatic carbocycles. The molecule has 2 aromatic rings. The maximum Gasteiger partial charge on any atom is 0.325 e. The van der Waals surface area contributed by atoms with Crippen LogP contribution < -0.4 is 10.6 Å². The minimum absolute atomic E-state index is 0.283. The number of urea groups is 1. The number of carbonyl (C=O) groups is 3. The Labute approximate surface area is 154 Å². The third-order valence-corrected chi connectivity index (χ3v) is 6.17. The van der Waals surface area contributed by atoms with E-state index in [1.807, 2.05) is 24.3 Å². The molecule has 0 radical (unpaired) electrons. The van der Waals surface area contributed by atoms with E-state index in [9.17, 15) is 14.4 Å². The number of imide groups is 1. The summed E-state index contributed by atoms with van der Waals surface area (Å²) in [5, 5.41) is 5.98. The van der Waals surface area contributed by atoms with Gasteiger partial charge in [-0.3, -0.25) is 14.5 Å². The van der Waals surface area contributed by atoms with Gasteiger partial charge in [0.05, 0.1) is 10.2 Å². The zero-order chi connectivity index (χ0) is 18.3. The fourth-order valence-electron chi connectivity index (χ4n) is 3.64. The number of para-hydroxylation sites is 1. The maximum absolute atomic E-state index is 12.8. The van der Waals surface area contributed by atoms with Crippen LogP contribution in [0.1, 0.15) is 32.6 Å². The van der Waals surface area contributed by atoms with Crippen LogP contribution in [-0.4, -0.2) is 39.8 Å². The lowest BCUT2D eigenvalue weighted by molar-refractivity contribution is -0.135. The van der Waals surface area contributed by atoms with Crippen molar-refractivity contribution in [3.8, 4) is 0 Å². The van der Waals surface area contributed by atoms with Gasteiger partial charge in [-0.25, -0.2) is 9.78 Å². The van der Waals surface area contributed by atoms with E-state index in [1.165, 1.54) is 11.3 Å². The molecule has 26 heavy (non-hydrogen) atoms. The second kappa shape index (κ2) is 6.35. The Balaban J connectivity index is 1.44. The number of nitrogens with zero attached hydrogens (tertiary/aromatic N) is 2. The zero-order valence-corrected chi connectivity index (χ0v) is 15.3. The summed E-state index contributed by atoms with van der Waals surface area (Å²) < 4.78 is 0.966. The van der Waals surface area contributed by atoms with Crippen molar-refractivity contribution >= 4 is 44.5 Å². The van der Waals surface area contributed by atoms with Crippen LogP contribution in [-0.2, 0) is 9.59 Å². The summed E-state index contributed by atoms with van der Waals surface area (Å²) in [6, 6.07) is 7.10. The van der Waals surface area contributed by atoms with E-state index >= 15 is 0 Å². The van der Waals surface area contributed by atoms with Crippen LogP contribution in [0.2, 0.25) is 0 Å². The van der Waals surface area contributed by atoms with E-state index in [2.05, 4.69) is 22.5 Å². The maximum atomic E-state index is 12.8. The molecule has 2 fully saturated rings. The van der Waals surface area contributed by atoms with Gasteiger partial charge in [-0.15, -0.1) is 0 Å². The fourth-order valence-corrected chi connectivity index (χ4v) is 4.52. The molecular formula is C18H20N4O3S. The third-order valence-electron chi connectivity index (χ3n) is 5.22. The molecule has 0 unspecified atom stereocenters. The van der Waals surface area contributed by atoms with Crippen LogP contribution in [0, 0.1) is 5.92 Å². The number of aromatic nitrogens is 1. The quantitative estimate of drug-likeness (QED) is 0.811. The Hall–Kier alpha value is -2.48. The highest BCUT2D eigenvalue weighted by molar-refractivity contribution is 7.22. The van der Waals surface area contributed by atoms with E-state index in [-0.39, 0.29) is 12.5 Å². The van der Waals surface area contributed by atoms with Crippen LogP contribution in [0.4, 0.5) is 9.93 Å². The molecule has 1 aromatic heterocycles. The first-order valence-electron chi connectivity index (χ1n) is 8.76. The average molecular weight is 372 g/mol. The van der Waals surface area contributed by atoms with Crippen LogP contribution in [0.15, 0.2) is 24.3 Å². The highest BCUT2D eigenvalue weighted by Crippen LogP contribution is 2.36. The summed E-state index contributed by atoms with van der Waals surface area (Å²) in [6.45, 7) is 1.86. The Morgan fingerprint density at radius 2 is 2.08 bits per heavy atom. The van der Waals surface area contributed by atoms with Crippen LogP contribution in [0.5, 0.6) is 0 Å². The summed E-state index contributed by atoms with van der Waals surface area (Å²) in [6.07, 6.45) is 3.07. The van der Waals surface area contributed by atoms with Crippen molar-refractivity contribution in [3.63, 3.8) is 0 Å². The van der Waals surface area contributed by atoms with Crippen molar-refractivity contribution in [2.75, 3.05) is 11.9 Å². The van der Waals surface area contributed by atoms with Crippen molar-refractivity contribution in [3.05, 3.63) is 24.3 Å². The lowest BCUT2D eigenvalue weighted by Gasteiger charge is -2.33. The standard InChI is InChI=1S/C18H20N4O3S/c1-11-6-8-18(9-7-11)15(24)22(17(25)21-18)10-14(23)20-16-19-12-4-2-3-5-13(12)26-16/h2-5,11H,6-10H2,1H3,(H,21,25)(H,19,20,23). The van der Waals surface area contributed by atoms with E-state index in [4.69, 9.17) is 0 Å². The molecule has 4 rings (SSSR count). The number of hydrogen-bond acceptors (Lipinski definition) is 5. The molecule has 2 heterocycles. The summed E-state index contributed by atoms with van der Waals surface area (Å²) in [7, 11) is 0. The monoisotopic (exact) mass is 372 g/mol. The van der Waals surface area contributed by atoms with Gasteiger partial charge in [0.1, 0.15) is 12.1 Å². The number of hydrogen-bond donors (Lipinski definition) is 2. The smallest absolute Gasteiger partial charge is 0.323 e. The van der Waals surface area contributed by atoms with Gasteiger partial charge < -0.3 is 10.6 Å². The van der Waals surface area contributed by atoms with Gasteiger partial charge in [0.25, 0.3) is 5.91 Å². The number of amides is 4. The minimum Gasteiger partial charge on any atom is -0.323 e. The van der Waals surface area contributed by atoms with Crippen molar-refractivity contribution < 1.29 is 14.4 Å². The molecule has 1 saturated carbocycles. The van der Waals surface area contributed by atoms with E-state index in [1.54, 1.807) is 0 Å². The normalized spacial score (nSPS) is 25.7. The van der Waals surface area contributed by atoms with Crippen molar-refractivity contribution in [2.45, 2.75) is 38.1 Å². The number of fused-ring (bicyclic) bond motifs is 1. The van der Waals surface area contributed by atoms with Crippen LogP contribution in [0.3, 0.4) is 0 Å². The molecule has 1 aliphatic heterocycles. The summed E-state index contributed by atoms with van der Waals surface area (Å²) >= 11 is 1.36. The Bertz CT molecular complexity index is 852. The molecule has 136 valence electrons. The minimum atomic E-state index is -0.820. The van der Waals surface area contributed by atoms with Gasteiger partial charge in [-0.1, -0.05) is 30.4 Å². The molecule has 7 nitrogen and oxygen atoms in total. The summed E-state index contributed by atoms with van der Waals surface area (Å²) in [4.78, 5) is 42.8. The van der Waals surface area contributed by atoms with Gasteiger partial charge in [0.15, 0.2) is 5.13 Å². The highest BCUT2D eigenvalue weighted by Gasteiger charge is 2.52. The first-order valence-corrected chi connectivity index (χ1v) is 9.58. The summed E-state index contributed by atoms with van der Waals surface area (Å²) in [5.41, 5.74) is -0.0159. The van der Waals surface area contributed by atoms with Gasteiger partial charge >= 0.3 is 6.03 Å². The van der Waals surface area contributed by atoms with Gasteiger partial charge in [-0.2, -0.15) is 0 Å². The second-order valence-corrected chi connectivity index (χ2v) is 8.15. The van der Waals surface area contributed by atoms with E-state index < -0.39 is 17.5 Å². The molecule has 0 atom stereocenters. The average Bonchev–Trinajstić information content (AvgIpc) is 3.11. The highest BCUT2D eigenvalue weighted by atomic mass is 32.1. The number of rotatable bonds is 3. The number of benzene rings is 1. The number of carbonyl (C=O) groups excluding carboxylic acids is 3. The second-order valence-electron chi connectivity index (χ2n) is 7.12. The van der Waals surface area contributed by atoms with Crippen LogP contribution >= 0.6 is 11.3 Å². The van der Waals surface area contributed by atoms with E-state index in [0.717, 1.165) is 28.0 Å². The van der Waals surface area contributed by atoms with Gasteiger partial charge in [-0.05, 0) is 43.7 Å². The lowest BCUT2D eigenvalue weighted by atomic mass is 9.77.